The van der Waals surface area contributed by atoms with Gasteiger partial charge in [-0.15, -0.1) is 0 Å². The number of hydrogen-bond acceptors (Lipinski definition) is 4. The van der Waals surface area contributed by atoms with Gasteiger partial charge in [0, 0.05) is 12.5 Å². The van der Waals surface area contributed by atoms with Gasteiger partial charge in [0.05, 0.1) is 0 Å². The molecule has 122 valence electrons. The van der Waals surface area contributed by atoms with Crippen LogP contribution in [0.25, 0.3) is 0 Å². The lowest BCUT2D eigenvalue weighted by Crippen LogP contribution is -2.54. The second-order valence-corrected chi connectivity index (χ2v) is 7.21. The molecule has 0 aromatic carbocycles. The van der Waals surface area contributed by atoms with E-state index in [1.165, 1.54) is 26.3 Å². The second kappa shape index (κ2) is 5.89. The third-order valence-electron chi connectivity index (χ3n) is 5.56. The van der Waals surface area contributed by atoms with Crippen molar-refractivity contribution in [1.29, 1.82) is 0 Å². The summed E-state index contributed by atoms with van der Waals surface area (Å²) in [6, 6.07) is 0. The topological polar surface area (TPSA) is 84.5 Å². The van der Waals surface area contributed by atoms with Crippen LogP contribution in [0.3, 0.4) is 0 Å². The number of esters is 1. The molecule has 4 aliphatic carbocycles. The fourth-order valence-corrected chi connectivity index (χ4v) is 5.00. The lowest BCUT2D eigenvalue weighted by atomic mass is 9.49. The van der Waals surface area contributed by atoms with Gasteiger partial charge in [-0.1, -0.05) is 0 Å². The van der Waals surface area contributed by atoms with Crippen LogP contribution in [0.4, 0.5) is 0 Å². The van der Waals surface area contributed by atoms with Gasteiger partial charge in [0.2, 0.25) is 5.91 Å². The minimum atomic E-state index is -0.568. The van der Waals surface area contributed by atoms with E-state index in [2.05, 4.69) is 10.6 Å². The molecule has 0 aromatic heterocycles. The van der Waals surface area contributed by atoms with E-state index in [4.69, 9.17) is 4.74 Å². The zero-order valence-corrected chi connectivity index (χ0v) is 13.0. The minimum Gasteiger partial charge on any atom is -0.454 e. The maximum absolute atomic E-state index is 12.6. The van der Waals surface area contributed by atoms with Crippen molar-refractivity contribution >= 4 is 17.8 Å². The quantitative estimate of drug-likeness (QED) is 0.729. The van der Waals surface area contributed by atoms with Crippen molar-refractivity contribution in [2.75, 3.05) is 20.2 Å². The Hall–Kier alpha value is -1.59. The van der Waals surface area contributed by atoms with Gasteiger partial charge in [0.25, 0.3) is 5.91 Å². The highest BCUT2D eigenvalue weighted by Crippen LogP contribution is 2.60. The Morgan fingerprint density at radius 1 is 1.05 bits per heavy atom. The highest BCUT2D eigenvalue weighted by Gasteiger charge is 2.54. The number of ether oxygens (including phenoxy) is 1. The van der Waals surface area contributed by atoms with E-state index in [9.17, 15) is 14.4 Å². The molecular weight excluding hydrogens is 284 g/mol. The van der Waals surface area contributed by atoms with Crippen molar-refractivity contribution in [3.05, 3.63) is 0 Å². The molecule has 4 aliphatic rings. The van der Waals surface area contributed by atoms with E-state index >= 15 is 0 Å². The maximum Gasteiger partial charge on any atom is 0.325 e. The van der Waals surface area contributed by atoms with Crippen LogP contribution >= 0.6 is 0 Å². The van der Waals surface area contributed by atoms with Crippen LogP contribution in [0.2, 0.25) is 0 Å². The van der Waals surface area contributed by atoms with Gasteiger partial charge >= 0.3 is 5.97 Å². The summed E-state index contributed by atoms with van der Waals surface area (Å²) >= 11 is 0. The highest BCUT2D eigenvalue weighted by molar-refractivity contribution is 5.87. The van der Waals surface area contributed by atoms with Crippen LogP contribution in [0.5, 0.6) is 0 Å². The number of likely N-dealkylation sites (N-methyl/N-ethyl adjacent to an activating group) is 1. The zero-order valence-electron chi connectivity index (χ0n) is 13.0. The van der Waals surface area contributed by atoms with Crippen LogP contribution in [0.1, 0.15) is 38.5 Å². The first-order valence-corrected chi connectivity index (χ1v) is 8.15. The first-order valence-electron chi connectivity index (χ1n) is 8.15. The van der Waals surface area contributed by atoms with E-state index in [0.29, 0.717) is 17.8 Å². The number of carbonyl (C=O) groups is 3. The van der Waals surface area contributed by atoms with E-state index in [1.54, 1.807) is 0 Å². The monoisotopic (exact) mass is 308 g/mol. The smallest absolute Gasteiger partial charge is 0.325 e. The Morgan fingerprint density at radius 3 is 2.09 bits per heavy atom. The molecule has 4 rings (SSSR count). The molecule has 0 radical (unpaired) electrons. The molecular formula is C16H24N2O4. The van der Waals surface area contributed by atoms with Gasteiger partial charge in [-0.2, -0.15) is 0 Å². The Kier molecular flexibility index (Phi) is 4.10. The molecule has 2 N–H and O–H groups in total. The summed E-state index contributed by atoms with van der Waals surface area (Å²) in [6.07, 6.45) is 6.75. The number of hydrogen-bond donors (Lipinski definition) is 2. The Labute approximate surface area is 130 Å². The summed E-state index contributed by atoms with van der Waals surface area (Å²) in [7, 11) is 1.48. The van der Waals surface area contributed by atoms with E-state index in [0.717, 1.165) is 19.3 Å². The average Bonchev–Trinajstić information content (AvgIpc) is 2.48. The van der Waals surface area contributed by atoms with Crippen LogP contribution in [0, 0.1) is 23.2 Å². The maximum atomic E-state index is 12.6. The van der Waals surface area contributed by atoms with Crippen LogP contribution in [0.15, 0.2) is 0 Å². The third-order valence-corrected chi connectivity index (χ3v) is 5.56. The Morgan fingerprint density at radius 2 is 1.59 bits per heavy atom. The molecule has 6 heteroatoms. The van der Waals surface area contributed by atoms with E-state index < -0.39 is 5.97 Å². The van der Waals surface area contributed by atoms with Crippen molar-refractivity contribution in [2.24, 2.45) is 23.2 Å². The summed E-state index contributed by atoms with van der Waals surface area (Å²) in [5.41, 5.74) is -0.254. The fourth-order valence-electron chi connectivity index (χ4n) is 5.00. The van der Waals surface area contributed by atoms with Crippen molar-refractivity contribution < 1.29 is 19.1 Å². The number of nitrogens with one attached hydrogen (secondary N) is 2. The van der Waals surface area contributed by atoms with Crippen molar-refractivity contribution in [3.63, 3.8) is 0 Å². The largest absolute Gasteiger partial charge is 0.454 e. The first-order chi connectivity index (χ1) is 10.5. The molecule has 6 nitrogen and oxygen atoms in total. The molecule has 22 heavy (non-hydrogen) atoms. The Bertz CT molecular complexity index is 453. The summed E-state index contributed by atoms with van der Waals surface area (Å²) in [6.45, 7) is -0.458. The zero-order chi connectivity index (χ0) is 15.7. The molecule has 0 aliphatic heterocycles. The van der Waals surface area contributed by atoms with Crippen molar-refractivity contribution in [3.8, 4) is 0 Å². The SMILES string of the molecule is CNC(=O)COC(=O)CNC(=O)C12CC3CC(CC(C3)C1)C2. The van der Waals surface area contributed by atoms with Gasteiger partial charge in [0.15, 0.2) is 6.61 Å². The number of carbonyl (C=O) groups excluding carboxylic acids is 3. The predicted octanol–water partition coefficient (Wildman–Crippen LogP) is 0.608. The molecule has 0 aromatic rings. The van der Waals surface area contributed by atoms with Crippen molar-refractivity contribution in [2.45, 2.75) is 38.5 Å². The predicted molar refractivity (Wildman–Crippen MR) is 78.6 cm³/mol. The lowest BCUT2D eigenvalue weighted by Gasteiger charge is -2.55. The standard InChI is InChI=1S/C16H24N2O4/c1-17-13(19)9-22-14(20)8-18-15(21)16-5-10-2-11(6-16)4-12(3-10)7-16/h10-12H,2-9H2,1H3,(H,17,19)(H,18,21). The van der Waals surface area contributed by atoms with Gasteiger partial charge in [0.1, 0.15) is 6.54 Å². The van der Waals surface area contributed by atoms with Crippen LogP contribution < -0.4 is 10.6 Å². The molecule has 0 spiro atoms. The summed E-state index contributed by atoms with van der Waals surface area (Å²) < 4.78 is 4.80. The van der Waals surface area contributed by atoms with Gasteiger partial charge < -0.3 is 15.4 Å². The lowest BCUT2D eigenvalue weighted by molar-refractivity contribution is -0.152. The van der Waals surface area contributed by atoms with E-state index in [-0.39, 0.29) is 30.4 Å². The summed E-state index contributed by atoms with van der Waals surface area (Å²) in [4.78, 5) is 35.2. The molecule has 4 saturated carbocycles. The van der Waals surface area contributed by atoms with Gasteiger partial charge in [-0.3, -0.25) is 14.4 Å². The average molecular weight is 308 g/mol. The second-order valence-electron chi connectivity index (χ2n) is 7.21. The minimum absolute atomic E-state index is 0.00323. The first kappa shape index (κ1) is 15.3. The molecule has 4 bridgehead atoms. The van der Waals surface area contributed by atoms with Crippen LogP contribution in [-0.4, -0.2) is 38.0 Å². The van der Waals surface area contributed by atoms with Crippen molar-refractivity contribution in [1.82, 2.24) is 10.6 Å². The normalized spacial score (nSPS) is 35.0. The molecule has 2 amide bonds. The van der Waals surface area contributed by atoms with Gasteiger partial charge in [-0.25, -0.2) is 0 Å². The molecule has 0 saturated heterocycles. The third kappa shape index (κ3) is 2.96. The number of rotatable bonds is 5. The van der Waals surface area contributed by atoms with Gasteiger partial charge in [-0.05, 0) is 56.3 Å². The molecule has 4 fully saturated rings. The summed E-state index contributed by atoms with van der Waals surface area (Å²) in [5, 5.41) is 5.11. The Balaban J connectivity index is 1.50. The highest BCUT2D eigenvalue weighted by atomic mass is 16.5. The molecule has 0 atom stereocenters. The summed E-state index contributed by atoms with van der Waals surface area (Å²) in [5.74, 6) is 1.15. The van der Waals surface area contributed by atoms with E-state index in [1.807, 2.05) is 0 Å². The number of amides is 2. The molecule has 0 heterocycles. The molecule has 0 unspecified atom stereocenters. The van der Waals surface area contributed by atoms with Crippen LogP contribution in [-0.2, 0) is 19.1 Å². The fraction of sp³-hybridized carbons (Fsp3) is 0.812.